The number of alkyl halides is 1. The van der Waals surface area contributed by atoms with Crippen molar-refractivity contribution in [1.82, 2.24) is 0 Å². The standard InChI is InChI=1S/C17H16BrF/c18-16(12-13-5-4-8-15(19)11-13)17(9-10-17)14-6-2-1-3-7-14/h1-8,11,16H,9-10,12H2. The van der Waals surface area contributed by atoms with E-state index in [-0.39, 0.29) is 11.2 Å². The Hall–Kier alpha value is -1.15. The van der Waals surface area contributed by atoms with Crippen LogP contribution in [0.25, 0.3) is 0 Å². The summed E-state index contributed by atoms with van der Waals surface area (Å²) in [6.07, 6.45) is 3.29. The molecule has 0 heterocycles. The van der Waals surface area contributed by atoms with E-state index in [0.717, 1.165) is 12.0 Å². The number of benzene rings is 2. The highest BCUT2D eigenvalue weighted by molar-refractivity contribution is 9.09. The summed E-state index contributed by atoms with van der Waals surface area (Å²) in [6, 6.07) is 17.6. The van der Waals surface area contributed by atoms with Crippen molar-refractivity contribution in [2.75, 3.05) is 0 Å². The minimum absolute atomic E-state index is 0.151. The van der Waals surface area contributed by atoms with Crippen molar-refractivity contribution in [3.63, 3.8) is 0 Å². The molecule has 1 aliphatic carbocycles. The van der Waals surface area contributed by atoms with Crippen LogP contribution < -0.4 is 0 Å². The summed E-state index contributed by atoms with van der Waals surface area (Å²) < 4.78 is 13.2. The predicted octanol–water partition coefficient (Wildman–Crippen LogP) is 4.86. The molecule has 3 rings (SSSR count). The Kier molecular flexibility index (Phi) is 3.44. The van der Waals surface area contributed by atoms with Crippen LogP contribution in [0.3, 0.4) is 0 Å². The largest absolute Gasteiger partial charge is 0.207 e. The monoisotopic (exact) mass is 318 g/mol. The second-order valence-electron chi connectivity index (χ2n) is 5.32. The first-order valence-electron chi connectivity index (χ1n) is 6.65. The van der Waals surface area contributed by atoms with E-state index in [1.807, 2.05) is 6.07 Å². The van der Waals surface area contributed by atoms with Gasteiger partial charge in [0.25, 0.3) is 0 Å². The van der Waals surface area contributed by atoms with Gasteiger partial charge in [-0.1, -0.05) is 58.4 Å². The van der Waals surface area contributed by atoms with Crippen LogP contribution in [-0.2, 0) is 11.8 Å². The highest BCUT2D eigenvalue weighted by atomic mass is 79.9. The molecule has 0 aromatic heterocycles. The highest BCUT2D eigenvalue weighted by Crippen LogP contribution is 2.54. The van der Waals surface area contributed by atoms with E-state index in [1.165, 1.54) is 24.5 Å². The van der Waals surface area contributed by atoms with E-state index in [2.05, 4.69) is 46.3 Å². The highest BCUT2D eigenvalue weighted by Gasteiger charge is 2.49. The molecule has 19 heavy (non-hydrogen) atoms. The van der Waals surface area contributed by atoms with Gasteiger partial charge in [0, 0.05) is 10.2 Å². The van der Waals surface area contributed by atoms with Gasteiger partial charge in [0.1, 0.15) is 5.82 Å². The van der Waals surface area contributed by atoms with Gasteiger partial charge in [0.2, 0.25) is 0 Å². The van der Waals surface area contributed by atoms with Gasteiger partial charge >= 0.3 is 0 Å². The zero-order valence-electron chi connectivity index (χ0n) is 10.7. The fourth-order valence-electron chi connectivity index (χ4n) is 2.75. The van der Waals surface area contributed by atoms with Gasteiger partial charge in [-0.2, -0.15) is 0 Å². The first-order valence-corrected chi connectivity index (χ1v) is 7.56. The molecule has 2 heteroatoms. The molecule has 0 nitrogen and oxygen atoms in total. The first-order chi connectivity index (χ1) is 9.21. The summed E-state index contributed by atoms with van der Waals surface area (Å²) in [5.41, 5.74) is 2.70. The summed E-state index contributed by atoms with van der Waals surface area (Å²) in [7, 11) is 0. The van der Waals surface area contributed by atoms with Crippen molar-refractivity contribution in [3.05, 3.63) is 71.5 Å². The van der Waals surface area contributed by atoms with Crippen molar-refractivity contribution >= 4 is 15.9 Å². The normalized spacial score (nSPS) is 18.0. The van der Waals surface area contributed by atoms with Gasteiger partial charge < -0.3 is 0 Å². The first kappa shape index (κ1) is 12.9. The average molecular weight is 319 g/mol. The lowest BCUT2D eigenvalue weighted by molar-refractivity contribution is 0.617. The molecule has 0 N–H and O–H groups in total. The Morgan fingerprint density at radius 3 is 2.42 bits per heavy atom. The molecule has 1 aliphatic rings. The summed E-state index contributed by atoms with van der Waals surface area (Å²) in [5, 5.41) is 0. The molecule has 0 amide bonds. The zero-order valence-corrected chi connectivity index (χ0v) is 12.2. The molecule has 0 saturated heterocycles. The number of hydrogen-bond donors (Lipinski definition) is 0. The van der Waals surface area contributed by atoms with Crippen LogP contribution in [0.15, 0.2) is 54.6 Å². The van der Waals surface area contributed by atoms with Gasteiger partial charge in [-0.3, -0.25) is 0 Å². The Labute approximate surface area is 121 Å². The molecule has 2 aromatic carbocycles. The van der Waals surface area contributed by atoms with E-state index in [0.29, 0.717) is 4.83 Å². The molecular weight excluding hydrogens is 303 g/mol. The van der Waals surface area contributed by atoms with Crippen LogP contribution in [0.4, 0.5) is 4.39 Å². The molecule has 0 bridgehead atoms. The Bertz CT molecular complexity index is 560. The fraction of sp³-hybridized carbons (Fsp3) is 0.294. The summed E-state index contributed by atoms with van der Waals surface area (Å²) in [6.45, 7) is 0. The second-order valence-corrected chi connectivity index (χ2v) is 6.43. The lowest BCUT2D eigenvalue weighted by Crippen LogP contribution is -2.22. The topological polar surface area (TPSA) is 0 Å². The van der Waals surface area contributed by atoms with Crippen molar-refractivity contribution in [3.8, 4) is 0 Å². The zero-order chi connectivity index (χ0) is 13.3. The Balaban J connectivity index is 1.79. The van der Waals surface area contributed by atoms with Crippen molar-refractivity contribution in [1.29, 1.82) is 0 Å². The smallest absolute Gasteiger partial charge is 0.123 e. The lowest BCUT2D eigenvalue weighted by Gasteiger charge is -2.22. The lowest BCUT2D eigenvalue weighted by atomic mass is 9.89. The maximum atomic E-state index is 13.2. The summed E-state index contributed by atoms with van der Waals surface area (Å²) in [5.74, 6) is -0.151. The van der Waals surface area contributed by atoms with Gasteiger partial charge in [-0.15, -0.1) is 0 Å². The fourth-order valence-corrected chi connectivity index (χ4v) is 3.85. The van der Waals surface area contributed by atoms with Crippen LogP contribution in [0.5, 0.6) is 0 Å². The third kappa shape index (κ3) is 2.59. The van der Waals surface area contributed by atoms with Gasteiger partial charge in [-0.05, 0) is 42.5 Å². The summed E-state index contributed by atoms with van der Waals surface area (Å²) in [4.78, 5) is 0.365. The number of hydrogen-bond acceptors (Lipinski definition) is 0. The van der Waals surface area contributed by atoms with Crippen molar-refractivity contribution < 1.29 is 4.39 Å². The van der Waals surface area contributed by atoms with Crippen LogP contribution in [0.1, 0.15) is 24.0 Å². The van der Waals surface area contributed by atoms with Gasteiger partial charge in [0.05, 0.1) is 0 Å². The number of halogens is 2. The average Bonchev–Trinajstić information content (AvgIpc) is 3.21. The maximum Gasteiger partial charge on any atom is 0.123 e. The molecule has 0 spiro atoms. The minimum Gasteiger partial charge on any atom is -0.207 e. The van der Waals surface area contributed by atoms with Gasteiger partial charge in [-0.25, -0.2) is 4.39 Å². The Morgan fingerprint density at radius 1 is 1.05 bits per heavy atom. The maximum absolute atomic E-state index is 13.2. The molecule has 0 aliphatic heterocycles. The third-order valence-electron chi connectivity index (χ3n) is 4.04. The SMILES string of the molecule is Fc1cccc(CC(Br)C2(c3ccccc3)CC2)c1. The van der Waals surface area contributed by atoms with E-state index in [1.54, 1.807) is 12.1 Å². The van der Waals surface area contributed by atoms with Crippen LogP contribution in [-0.4, -0.2) is 4.83 Å². The van der Waals surface area contributed by atoms with Crippen LogP contribution in [0, 0.1) is 5.82 Å². The predicted molar refractivity (Wildman–Crippen MR) is 80.2 cm³/mol. The molecule has 1 saturated carbocycles. The molecular formula is C17H16BrF. The molecule has 98 valence electrons. The molecule has 0 radical (unpaired) electrons. The van der Waals surface area contributed by atoms with E-state index in [4.69, 9.17) is 0 Å². The molecule has 2 aromatic rings. The van der Waals surface area contributed by atoms with Crippen molar-refractivity contribution in [2.45, 2.75) is 29.5 Å². The molecule has 1 atom stereocenters. The molecule has 1 fully saturated rings. The van der Waals surface area contributed by atoms with E-state index in [9.17, 15) is 4.39 Å². The van der Waals surface area contributed by atoms with Crippen LogP contribution in [0.2, 0.25) is 0 Å². The minimum atomic E-state index is -0.151. The number of rotatable bonds is 4. The van der Waals surface area contributed by atoms with E-state index < -0.39 is 0 Å². The van der Waals surface area contributed by atoms with Gasteiger partial charge in [0.15, 0.2) is 0 Å². The van der Waals surface area contributed by atoms with E-state index >= 15 is 0 Å². The van der Waals surface area contributed by atoms with Crippen LogP contribution >= 0.6 is 15.9 Å². The molecule has 1 unspecified atom stereocenters. The third-order valence-corrected chi connectivity index (χ3v) is 5.24. The Morgan fingerprint density at radius 2 is 1.79 bits per heavy atom. The van der Waals surface area contributed by atoms with Crippen molar-refractivity contribution in [2.24, 2.45) is 0 Å². The quantitative estimate of drug-likeness (QED) is 0.706. The second kappa shape index (κ2) is 5.09. The summed E-state index contributed by atoms with van der Waals surface area (Å²) >= 11 is 3.84.